The first-order valence-electron chi connectivity index (χ1n) is 6.87. The largest absolute Gasteiger partial charge is 0.313 e. The third-order valence-corrected chi connectivity index (χ3v) is 3.53. The zero-order valence-corrected chi connectivity index (χ0v) is 12.6. The number of hydrogen-bond acceptors (Lipinski definition) is 1. The second kappa shape index (κ2) is 6.87. The molecule has 0 unspecified atom stereocenters. The topological polar surface area (TPSA) is 12.0 Å². The minimum absolute atomic E-state index is 0.215. The first kappa shape index (κ1) is 15.0. The van der Waals surface area contributed by atoms with Gasteiger partial charge in [-0.1, -0.05) is 30.7 Å². The van der Waals surface area contributed by atoms with E-state index in [0.29, 0.717) is 5.02 Å². The third-order valence-electron chi connectivity index (χ3n) is 3.30. The summed E-state index contributed by atoms with van der Waals surface area (Å²) >= 11 is 6.09. The molecule has 3 heteroatoms. The summed E-state index contributed by atoms with van der Waals surface area (Å²) in [5, 5.41) is 4.08. The van der Waals surface area contributed by atoms with E-state index in [1.807, 2.05) is 31.2 Å². The van der Waals surface area contributed by atoms with Gasteiger partial charge in [-0.3, -0.25) is 0 Å². The summed E-state index contributed by atoms with van der Waals surface area (Å²) in [5.74, 6) is -0.215. The van der Waals surface area contributed by atoms with Gasteiger partial charge in [0.25, 0.3) is 0 Å². The molecule has 0 aliphatic rings. The molecule has 0 aromatic heterocycles. The number of hydrogen-bond donors (Lipinski definition) is 1. The lowest BCUT2D eigenvalue weighted by atomic mass is 9.96. The Bertz CT molecular complexity index is 596. The maximum absolute atomic E-state index is 13.5. The van der Waals surface area contributed by atoms with E-state index in [1.165, 1.54) is 6.07 Å². The van der Waals surface area contributed by atoms with Crippen LogP contribution in [0.5, 0.6) is 0 Å². The predicted octanol–water partition coefficient (Wildman–Crippen LogP) is 4.95. The number of aryl methyl sites for hydroxylation is 1. The molecule has 0 aliphatic carbocycles. The Hall–Kier alpha value is -1.38. The van der Waals surface area contributed by atoms with Crippen LogP contribution in [-0.4, -0.2) is 6.54 Å². The molecule has 2 aromatic carbocycles. The zero-order chi connectivity index (χ0) is 14.5. The molecule has 0 amide bonds. The molecule has 0 radical (unpaired) electrons. The summed E-state index contributed by atoms with van der Waals surface area (Å²) in [5.41, 5.74) is 4.12. The molecule has 1 N–H and O–H groups in total. The van der Waals surface area contributed by atoms with Gasteiger partial charge in [0.2, 0.25) is 0 Å². The van der Waals surface area contributed by atoms with Crippen LogP contribution >= 0.6 is 11.6 Å². The van der Waals surface area contributed by atoms with Crippen LogP contribution < -0.4 is 5.32 Å². The van der Waals surface area contributed by atoms with Crippen molar-refractivity contribution in [2.75, 3.05) is 6.54 Å². The van der Waals surface area contributed by atoms with E-state index < -0.39 is 0 Å². The van der Waals surface area contributed by atoms with Crippen molar-refractivity contribution in [2.45, 2.75) is 26.8 Å². The molecular formula is C17H19ClFN. The van der Waals surface area contributed by atoms with Gasteiger partial charge < -0.3 is 5.32 Å². The highest BCUT2D eigenvalue weighted by molar-refractivity contribution is 6.30. The molecule has 1 nitrogen and oxygen atoms in total. The summed E-state index contributed by atoms with van der Waals surface area (Å²) in [6.07, 6.45) is 1.08. The van der Waals surface area contributed by atoms with Crippen LogP contribution in [0.25, 0.3) is 11.1 Å². The van der Waals surface area contributed by atoms with Crippen LogP contribution in [0.1, 0.15) is 24.5 Å². The van der Waals surface area contributed by atoms with Crippen molar-refractivity contribution < 1.29 is 4.39 Å². The Morgan fingerprint density at radius 1 is 1.10 bits per heavy atom. The fourth-order valence-corrected chi connectivity index (χ4v) is 2.45. The minimum atomic E-state index is -0.215. The molecule has 0 aliphatic heterocycles. The molecule has 2 aromatic rings. The minimum Gasteiger partial charge on any atom is -0.313 e. The molecular weight excluding hydrogens is 273 g/mol. The Morgan fingerprint density at radius 2 is 1.90 bits per heavy atom. The smallest absolute Gasteiger partial charge is 0.123 e. The third kappa shape index (κ3) is 3.59. The Labute approximate surface area is 124 Å². The highest BCUT2D eigenvalue weighted by atomic mass is 35.5. The average Bonchev–Trinajstić information content (AvgIpc) is 2.42. The first-order valence-corrected chi connectivity index (χ1v) is 7.25. The van der Waals surface area contributed by atoms with Crippen LogP contribution in [0.15, 0.2) is 36.4 Å². The predicted molar refractivity (Wildman–Crippen MR) is 83.6 cm³/mol. The van der Waals surface area contributed by atoms with Gasteiger partial charge in [0.15, 0.2) is 0 Å². The maximum atomic E-state index is 13.5. The quantitative estimate of drug-likeness (QED) is 0.768. The van der Waals surface area contributed by atoms with Gasteiger partial charge in [0.05, 0.1) is 0 Å². The molecule has 0 bridgehead atoms. The van der Waals surface area contributed by atoms with E-state index >= 15 is 0 Å². The molecule has 2 rings (SSSR count). The standard InChI is InChI=1S/C17H19ClFN/c1-3-8-20-11-13-9-14(18)5-7-16(13)17-10-15(19)6-4-12(17)2/h4-7,9-10,20H,3,8,11H2,1-2H3. The van der Waals surface area contributed by atoms with Crippen molar-refractivity contribution in [3.05, 3.63) is 58.4 Å². The van der Waals surface area contributed by atoms with E-state index in [4.69, 9.17) is 11.6 Å². The van der Waals surface area contributed by atoms with Crippen molar-refractivity contribution in [1.82, 2.24) is 5.32 Å². The Kier molecular flexibility index (Phi) is 5.16. The van der Waals surface area contributed by atoms with Gasteiger partial charge in [-0.05, 0) is 66.4 Å². The monoisotopic (exact) mass is 291 g/mol. The van der Waals surface area contributed by atoms with Crippen LogP contribution in [-0.2, 0) is 6.54 Å². The molecule has 0 saturated heterocycles. The van der Waals surface area contributed by atoms with Gasteiger partial charge in [0, 0.05) is 11.6 Å². The van der Waals surface area contributed by atoms with Crippen LogP contribution in [0, 0.1) is 12.7 Å². The van der Waals surface area contributed by atoms with E-state index in [1.54, 1.807) is 6.07 Å². The first-order chi connectivity index (χ1) is 9.61. The normalized spacial score (nSPS) is 10.8. The molecule has 106 valence electrons. The molecule has 0 heterocycles. The van der Waals surface area contributed by atoms with Gasteiger partial charge in [-0.2, -0.15) is 0 Å². The van der Waals surface area contributed by atoms with Crippen LogP contribution in [0.3, 0.4) is 0 Å². The second-order valence-corrected chi connectivity index (χ2v) is 5.37. The number of benzene rings is 2. The zero-order valence-electron chi connectivity index (χ0n) is 11.8. The fourth-order valence-electron chi connectivity index (χ4n) is 2.26. The summed E-state index contributed by atoms with van der Waals surface area (Å²) < 4.78 is 13.5. The van der Waals surface area contributed by atoms with E-state index in [9.17, 15) is 4.39 Å². The van der Waals surface area contributed by atoms with E-state index in [0.717, 1.165) is 41.8 Å². The van der Waals surface area contributed by atoms with E-state index in [-0.39, 0.29) is 5.82 Å². The van der Waals surface area contributed by atoms with Crippen LogP contribution in [0.2, 0.25) is 5.02 Å². The summed E-state index contributed by atoms with van der Waals surface area (Å²) in [6.45, 7) is 5.81. The van der Waals surface area contributed by atoms with E-state index in [2.05, 4.69) is 12.2 Å². The highest BCUT2D eigenvalue weighted by Crippen LogP contribution is 2.29. The molecule has 0 fully saturated rings. The SMILES string of the molecule is CCCNCc1cc(Cl)ccc1-c1cc(F)ccc1C. The lowest BCUT2D eigenvalue weighted by Crippen LogP contribution is -2.14. The summed E-state index contributed by atoms with van der Waals surface area (Å²) in [4.78, 5) is 0. The molecule has 0 saturated carbocycles. The lowest BCUT2D eigenvalue weighted by molar-refractivity contribution is 0.628. The van der Waals surface area contributed by atoms with Crippen molar-refractivity contribution in [1.29, 1.82) is 0 Å². The van der Waals surface area contributed by atoms with Crippen molar-refractivity contribution in [3.8, 4) is 11.1 Å². The van der Waals surface area contributed by atoms with Gasteiger partial charge in [-0.15, -0.1) is 0 Å². The van der Waals surface area contributed by atoms with Gasteiger partial charge >= 0.3 is 0 Å². The highest BCUT2D eigenvalue weighted by Gasteiger charge is 2.09. The number of rotatable bonds is 5. The lowest BCUT2D eigenvalue weighted by Gasteiger charge is -2.13. The Balaban J connectivity index is 2.41. The molecule has 0 atom stereocenters. The summed E-state index contributed by atoms with van der Waals surface area (Å²) in [7, 11) is 0. The van der Waals surface area contributed by atoms with Crippen molar-refractivity contribution in [2.24, 2.45) is 0 Å². The van der Waals surface area contributed by atoms with Crippen molar-refractivity contribution >= 4 is 11.6 Å². The number of halogens is 2. The van der Waals surface area contributed by atoms with Crippen molar-refractivity contribution in [3.63, 3.8) is 0 Å². The fraction of sp³-hybridized carbons (Fsp3) is 0.294. The Morgan fingerprint density at radius 3 is 2.65 bits per heavy atom. The average molecular weight is 292 g/mol. The van der Waals surface area contributed by atoms with Crippen LogP contribution in [0.4, 0.5) is 4.39 Å². The van der Waals surface area contributed by atoms with Gasteiger partial charge in [-0.25, -0.2) is 4.39 Å². The second-order valence-electron chi connectivity index (χ2n) is 4.94. The summed E-state index contributed by atoms with van der Waals surface area (Å²) in [6, 6.07) is 10.6. The molecule has 0 spiro atoms. The number of nitrogens with one attached hydrogen (secondary N) is 1. The van der Waals surface area contributed by atoms with Gasteiger partial charge in [0.1, 0.15) is 5.82 Å². The molecule has 20 heavy (non-hydrogen) atoms. The maximum Gasteiger partial charge on any atom is 0.123 e.